The van der Waals surface area contributed by atoms with Crippen LogP contribution in [0.2, 0.25) is 0 Å². The number of rotatable bonds is 6. The van der Waals surface area contributed by atoms with E-state index in [1.807, 2.05) is 6.92 Å². The van der Waals surface area contributed by atoms with E-state index in [1.165, 1.54) is 6.21 Å². The molecule has 0 aliphatic rings. The Bertz CT molecular complexity index is 366. The summed E-state index contributed by atoms with van der Waals surface area (Å²) in [6, 6.07) is 0. The topological polar surface area (TPSA) is 128 Å². The molecule has 0 rings (SSSR count). The molecule has 0 saturated carbocycles. The molecule has 1 unspecified atom stereocenters. The van der Waals surface area contributed by atoms with Gasteiger partial charge in [0.2, 0.25) is 0 Å². The van der Waals surface area contributed by atoms with E-state index in [-0.39, 0.29) is 16.4 Å². The number of ether oxygens (including phenoxy) is 1. The molecule has 0 aliphatic heterocycles. The zero-order chi connectivity index (χ0) is 15.3. The van der Waals surface area contributed by atoms with Crippen LogP contribution in [0.1, 0.15) is 13.8 Å². The maximum absolute atomic E-state index is 8.22. The van der Waals surface area contributed by atoms with Crippen molar-refractivity contribution < 1.29 is 27.1 Å². The van der Waals surface area contributed by atoms with Crippen LogP contribution in [0.25, 0.3) is 0 Å². The van der Waals surface area contributed by atoms with Crippen LogP contribution in [-0.2, 0) is 52.4 Å². The van der Waals surface area contributed by atoms with Gasteiger partial charge in [-0.15, -0.1) is 0 Å². The van der Waals surface area contributed by atoms with Crippen molar-refractivity contribution >= 4 is 47.5 Å². The van der Waals surface area contributed by atoms with Gasteiger partial charge in [-0.25, -0.2) is 0 Å². The Morgan fingerprint density at radius 3 is 2.21 bits per heavy atom. The van der Waals surface area contributed by atoms with Gasteiger partial charge < -0.3 is 41.5 Å². The first-order valence-corrected chi connectivity index (χ1v) is 6.43. The molecule has 0 aromatic heterocycles. The van der Waals surface area contributed by atoms with Gasteiger partial charge in [-0.1, -0.05) is 0 Å². The molecule has 0 amide bonds. The van der Waals surface area contributed by atoms with Gasteiger partial charge in [0.15, 0.2) is 0 Å². The Morgan fingerprint density at radius 2 is 1.79 bits per heavy atom. The fourth-order valence-electron chi connectivity index (χ4n) is 0.799. The Kier molecular flexibility index (Phi) is 14.6. The van der Waals surface area contributed by atoms with E-state index in [4.69, 9.17) is 19.7 Å². The first kappa shape index (κ1) is 20.4. The van der Waals surface area contributed by atoms with Crippen LogP contribution < -0.4 is 11.5 Å². The fraction of sp³-hybridized carbons (Fsp3) is 0.500. The summed E-state index contributed by atoms with van der Waals surface area (Å²) in [4.78, 5) is 0. The molecular formula is C8H14N6O2S2Tc+2. The summed E-state index contributed by atoms with van der Waals surface area (Å²) >= 11 is 10.0. The monoisotopic (exact) mass is 389 g/mol. The summed E-state index contributed by atoms with van der Waals surface area (Å²) in [5.41, 5.74) is 10.8. The molecule has 0 spiro atoms. The van der Waals surface area contributed by atoms with Crippen molar-refractivity contribution in [2.24, 2.45) is 31.9 Å². The third-order valence-corrected chi connectivity index (χ3v) is 1.61. The zero-order valence-corrected chi connectivity index (χ0v) is 13.8. The minimum absolute atomic E-state index is 0.0732. The average Bonchev–Trinajstić information content (AvgIpc) is 2.35. The molecule has 0 aliphatic carbocycles. The predicted molar refractivity (Wildman–Crippen MR) is 75.7 cm³/mol. The van der Waals surface area contributed by atoms with Crippen molar-refractivity contribution in [1.29, 1.82) is 0 Å². The summed E-state index contributed by atoms with van der Waals surface area (Å²) in [5.74, 6) is 0. The van der Waals surface area contributed by atoms with E-state index in [0.717, 1.165) is 18.9 Å². The standard InChI is InChI=1S/C8H16N6OS2.O.Tc/c1-3-15-5(2)6(12-14-8(10)17)4-11-13-7(9)16;;/h4-5H,3H2,1-2H3,(H3,9,13,16)(H3,10,14,17);;/q;;+4/p-2/b11-4+,12-6-;;/i;;1+1. The molecule has 0 radical (unpaired) electrons. The third kappa shape index (κ3) is 13.4. The first-order chi connectivity index (χ1) is 8.97. The van der Waals surface area contributed by atoms with Crippen LogP contribution in [0.5, 0.6) is 0 Å². The summed E-state index contributed by atoms with van der Waals surface area (Å²) in [6.45, 7) is 4.16. The van der Waals surface area contributed by atoms with Gasteiger partial charge in [-0.05, 0) is 24.2 Å². The predicted octanol–water partition coefficient (Wildman–Crippen LogP) is -0.645. The van der Waals surface area contributed by atoms with E-state index in [0.29, 0.717) is 12.3 Å². The summed E-state index contributed by atoms with van der Waals surface area (Å²) in [6.07, 6.45) is 1.02. The number of nitrogens with two attached hydrogens (primary N) is 2. The second kappa shape index (κ2) is 13.6. The van der Waals surface area contributed by atoms with Crippen molar-refractivity contribution in [3.8, 4) is 0 Å². The Morgan fingerprint density at radius 1 is 1.26 bits per heavy atom. The van der Waals surface area contributed by atoms with E-state index in [1.54, 1.807) is 6.92 Å². The van der Waals surface area contributed by atoms with E-state index >= 15 is 0 Å². The normalized spacial score (nSPS) is 15.1. The second-order valence-electron chi connectivity index (χ2n) is 2.74. The Balaban J connectivity index is 0. The van der Waals surface area contributed by atoms with Crippen LogP contribution in [-0.4, -0.2) is 35.0 Å². The van der Waals surface area contributed by atoms with Gasteiger partial charge in [-0.3, -0.25) is 0 Å². The third-order valence-electron chi connectivity index (χ3n) is 1.44. The van der Waals surface area contributed by atoms with E-state index < -0.39 is 0 Å². The number of amidine groups is 2. The van der Waals surface area contributed by atoms with Crippen LogP contribution in [0.3, 0.4) is 0 Å². The molecule has 19 heavy (non-hydrogen) atoms. The van der Waals surface area contributed by atoms with Crippen molar-refractivity contribution in [3.63, 3.8) is 0 Å². The number of hydrogen-bond acceptors (Lipinski definition) is 8. The van der Waals surface area contributed by atoms with Gasteiger partial charge in [0, 0.05) is 6.61 Å². The van der Waals surface area contributed by atoms with E-state index in [9.17, 15) is 0 Å². The van der Waals surface area contributed by atoms with Crippen molar-refractivity contribution in [2.75, 3.05) is 6.61 Å². The molecule has 0 aromatic rings. The van der Waals surface area contributed by atoms with Gasteiger partial charge in [-0.2, -0.15) is 20.4 Å². The molecule has 0 saturated heterocycles. The zero-order valence-electron chi connectivity index (χ0n) is 10.3. The summed E-state index contributed by atoms with van der Waals surface area (Å²) < 4.78 is 13.5. The molecule has 11 heteroatoms. The van der Waals surface area contributed by atoms with Crippen molar-refractivity contribution in [2.45, 2.75) is 20.0 Å². The van der Waals surface area contributed by atoms with Crippen molar-refractivity contribution in [3.05, 3.63) is 0 Å². The molecular weight excluding hydrogens is 375 g/mol. The summed E-state index contributed by atoms with van der Waals surface area (Å²) in [5, 5.41) is 14.3. The molecule has 1 atom stereocenters. The molecule has 0 heterocycles. The average molecular weight is 389 g/mol. The number of nitrogens with zero attached hydrogens (tertiary/aromatic N) is 4. The first-order valence-electron chi connectivity index (χ1n) is 4.86. The second-order valence-corrected chi connectivity index (χ2v) is 3.58. The minimum atomic E-state index is -0.316. The van der Waals surface area contributed by atoms with Crippen LogP contribution in [0.4, 0.5) is 0 Å². The SMILES string of the molecule is CCOC(C)C(/C=N/N=C(/N)[S-])=N\N=C(\N)[S-].[O]=[99Tc+4]. The number of hydrogen-bond donors (Lipinski definition) is 2. The molecule has 0 bridgehead atoms. The fourth-order valence-corrected chi connectivity index (χ4v) is 0.887. The van der Waals surface area contributed by atoms with Gasteiger partial charge in [0.1, 0.15) is 11.8 Å². The molecule has 4 N–H and O–H groups in total. The Labute approximate surface area is 133 Å². The molecule has 8 nitrogen and oxygen atoms in total. The molecule has 0 fully saturated rings. The van der Waals surface area contributed by atoms with Crippen molar-refractivity contribution in [1.82, 2.24) is 0 Å². The van der Waals surface area contributed by atoms with Crippen LogP contribution in [0, 0.1) is 0 Å². The summed E-state index contributed by atoms with van der Waals surface area (Å²) in [7, 11) is 0. The van der Waals surface area contributed by atoms with E-state index in [2.05, 4.69) is 45.7 Å². The van der Waals surface area contributed by atoms with Gasteiger partial charge in [0.25, 0.3) is 0 Å². The van der Waals surface area contributed by atoms with Gasteiger partial charge in [0.05, 0.1) is 6.21 Å². The van der Waals surface area contributed by atoms with Crippen LogP contribution in [0.15, 0.2) is 20.4 Å². The van der Waals surface area contributed by atoms with Crippen LogP contribution >= 0.6 is 0 Å². The molecule has 105 valence electrons. The van der Waals surface area contributed by atoms with Gasteiger partial charge >= 0.3 is 22.4 Å². The quantitative estimate of drug-likeness (QED) is 0.269. The maximum atomic E-state index is 8.22. The Hall–Kier alpha value is -0.871. The molecule has 0 aromatic carbocycles.